The number of hydrogen-bond donors (Lipinski definition) is 2. The van der Waals surface area contributed by atoms with Crippen LogP contribution in [0, 0.1) is 0 Å². The lowest BCUT2D eigenvalue weighted by Gasteiger charge is -2.39. The molecule has 0 spiro atoms. The number of rotatable bonds is 8. The van der Waals surface area contributed by atoms with Gasteiger partial charge in [-0.15, -0.1) is 0 Å². The van der Waals surface area contributed by atoms with Gasteiger partial charge in [0.1, 0.15) is 11.9 Å². The van der Waals surface area contributed by atoms with Gasteiger partial charge in [0.2, 0.25) is 0 Å². The maximum Gasteiger partial charge on any atom is 0.169 e. The summed E-state index contributed by atoms with van der Waals surface area (Å²) in [6, 6.07) is 14.1. The van der Waals surface area contributed by atoms with Crippen molar-refractivity contribution in [3.8, 4) is 17.2 Å². The highest BCUT2D eigenvalue weighted by Gasteiger charge is 2.26. The SMILES string of the molecule is CC(Oc1ccccc1Oc1ccc(N)c(N)c1)C(C)N(C(C)C)C(C)C. The molecule has 0 aromatic heterocycles. The van der Waals surface area contributed by atoms with Gasteiger partial charge in [0.05, 0.1) is 11.4 Å². The van der Waals surface area contributed by atoms with E-state index in [0.29, 0.717) is 40.7 Å². The molecule has 5 heteroatoms. The minimum Gasteiger partial charge on any atom is -0.485 e. The summed E-state index contributed by atoms with van der Waals surface area (Å²) in [5.41, 5.74) is 12.7. The number of ether oxygens (including phenoxy) is 2. The maximum absolute atomic E-state index is 6.29. The number of hydrogen-bond acceptors (Lipinski definition) is 5. The van der Waals surface area contributed by atoms with Gasteiger partial charge in [-0.3, -0.25) is 4.90 Å². The second-order valence-electron chi connectivity index (χ2n) is 7.54. The molecule has 2 aromatic rings. The Morgan fingerprint density at radius 2 is 1.37 bits per heavy atom. The molecule has 0 aliphatic rings. The van der Waals surface area contributed by atoms with Crippen molar-refractivity contribution in [3.05, 3.63) is 42.5 Å². The summed E-state index contributed by atoms with van der Waals surface area (Å²) in [4.78, 5) is 2.45. The van der Waals surface area contributed by atoms with Gasteiger partial charge in [-0.1, -0.05) is 12.1 Å². The van der Waals surface area contributed by atoms with E-state index in [9.17, 15) is 0 Å². The summed E-state index contributed by atoms with van der Waals surface area (Å²) >= 11 is 0. The molecule has 0 heterocycles. The van der Waals surface area contributed by atoms with E-state index in [2.05, 4.69) is 46.4 Å². The molecule has 0 amide bonds. The molecule has 4 N–H and O–H groups in total. The number of benzene rings is 2. The number of para-hydroxylation sites is 2. The zero-order chi connectivity index (χ0) is 20.1. The van der Waals surface area contributed by atoms with Gasteiger partial charge in [-0.25, -0.2) is 0 Å². The summed E-state index contributed by atoms with van der Waals surface area (Å²) in [6.45, 7) is 13.2. The molecule has 0 fully saturated rings. The fraction of sp³-hybridized carbons (Fsp3) is 0.455. The Bertz CT molecular complexity index is 738. The van der Waals surface area contributed by atoms with Crippen LogP contribution in [0.15, 0.2) is 42.5 Å². The van der Waals surface area contributed by atoms with E-state index < -0.39 is 0 Å². The van der Waals surface area contributed by atoms with Crippen LogP contribution < -0.4 is 20.9 Å². The standard InChI is InChI=1S/C22H33N3O2/c1-14(2)25(15(3)4)16(5)17(6)26-21-9-7-8-10-22(21)27-18-11-12-19(23)20(24)13-18/h7-17H,23-24H2,1-6H3. The lowest BCUT2D eigenvalue weighted by molar-refractivity contribution is 0.0428. The lowest BCUT2D eigenvalue weighted by Crippen LogP contribution is -2.49. The number of anilines is 2. The third-order valence-corrected chi connectivity index (χ3v) is 4.79. The Labute approximate surface area is 163 Å². The van der Waals surface area contributed by atoms with Gasteiger partial charge in [-0.2, -0.15) is 0 Å². The van der Waals surface area contributed by atoms with Gasteiger partial charge >= 0.3 is 0 Å². The molecule has 0 aliphatic carbocycles. The molecule has 2 rings (SSSR count). The molecule has 0 bridgehead atoms. The van der Waals surface area contributed by atoms with E-state index in [-0.39, 0.29) is 12.1 Å². The normalized spacial score (nSPS) is 13.8. The molecule has 2 unspecified atom stereocenters. The molecule has 5 nitrogen and oxygen atoms in total. The van der Waals surface area contributed by atoms with Crippen LogP contribution in [0.3, 0.4) is 0 Å². The fourth-order valence-electron chi connectivity index (χ4n) is 3.45. The highest BCUT2D eigenvalue weighted by Crippen LogP contribution is 2.34. The van der Waals surface area contributed by atoms with Crippen LogP contribution in [0.1, 0.15) is 41.5 Å². The van der Waals surface area contributed by atoms with Gasteiger partial charge < -0.3 is 20.9 Å². The van der Waals surface area contributed by atoms with Crippen LogP contribution in [0.25, 0.3) is 0 Å². The van der Waals surface area contributed by atoms with Crippen LogP contribution in [0.5, 0.6) is 17.2 Å². The van der Waals surface area contributed by atoms with Gasteiger partial charge in [0, 0.05) is 24.2 Å². The molecule has 27 heavy (non-hydrogen) atoms. The monoisotopic (exact) mass is 371 g/mol. The Morgan fingerprint density at radius 3 is 1.93 bits per heavy atom. The summed E-state index contributed by atoms with van der Waals surface area (Å²) in [6.07, 6.45) is -0.00367. The molecule has 0 saturated heterocycles. The van der Waals surface area contributed by atoms with Crippen molar-refractivity contribution in [2.75, 3.05) is 11.5 Å². The molecule has 148 valence electrons. The predicted octanol–water partition coefficient (Wildman–Crippen LogP) is 4.92. The Balaban J connectivity index is 2.18. The van der Waals surface area contributed by atoms with E-state index in [1.165, 1.54) is 0 Å². The first-order valence-corrected chi connectivity index (χ1v) is 9.56. The zero-order valence-corrected chi connectivity index (χ0v) is 17.3. The first kappa shape index (κ1) is 20.9. The quantitative estimate of drug-likeness (QED) is 0.644. The molecular weight excluding hydrogens is 338 g/mol. The van der Waals surface area contributed by atoms with Gasteiger partial charge in [0.25, 0.3) is 0 Å². The minimum absolute atomic E-state index is 0.00367. The topological polar surface area (TPSA) is 73.7 Å². The Kier molecular flexibility index (Phi) is 6.97. The molecule has 2 atom stereocenters. The van der Waals surface area contributed by atoms with Crippen LogP contribution in [0.2, 0.25) is 0 Å². The average molecular weight is 372 g/mol. The van der Waals surface area contributed by atoms with Crippen molar-refractivity contribution in [3.63, 3.8) is 0 Å². The molecule has 0 aliphatic heterocycles. The van der Waals surface area contributed by atoms with E-state index in [1.54, 1.807) is 18.2 Å². The van der Waals surface area contributed by atoms with Crippen LogP contribution in [-0.4, -0.2) is 29.1 Å². The van der Waals surface area contributed by atoms with E-state index in [1.807, 2.05) is 24.3 Å². The number of nitrogens with two attached hydrogens (primary N) is 2. The van der Waals surface area contributed by atoms with Crippen molar-refractivity contribution in [1.82, 2.24) is 4.90 Å². The third kappa shape index (κ3) is 5.30. The average Bonchev–Trinajstić information content (AvgIpc) is 2.59. The first-order valence-electron chi connectivity index (χ1n) is 9.56. The van der Waals surface area contributed by atoms with Crippen molar-refractivity contribution >= 4 is 11.4 Å². The van der Waals surface area contributed by atoms with Crippen molar-refractivity contribution < 1.29 is 9.47 Å². The number of nitrogen functional groups attached to an aromatic ring is 2. The second kappa shape index (κ2) is 9.00. The van der Waals surface area contributed by atoms with Crippen molar-refractivity contribution in [1.29, 1.82) is 0 Å². The summed E-state index contributed by atoms with van der Waals surface area (Å²) < 4.78 is 12.3. The summed E-state index contributed by atoms with van der Waals surface area (Å²) in [5.74, 6) is 1.99. The van der Waals surface area contributed by atoms with Crippen LogP contribution >= 0.6 is 0 Å². The van der Waals surface area contributed by atoms with E-state index in [0.717, 1.165) is 0 Å². The minimum atomic E-state index is -0.00367. The summed E-state index contributed by atoms with van der Waals surface area (Å²) in [7, 11) is 0. The highest BCUT2D eigenvalue weighted by atomic mass is 16.5. The molecule has 0 saturated carbocycles. The second-order valence-corrected chi connectivity index (χ2v) is 7.54. The molecule has 0 radical (unpaired) electrons. The van der Waals surface area contributed by atoms with Crippen molar-refractivity contribution in [2.24, 2.45) is 0 Å². The van der Waals surface area contributed by atoms with Crippen LogP contribution in [-0.2, 0) is 0 Å². The smallest absolute Gasteiger partial charge is 0.169 e. The lowest BCUT2D eigenvalue weighted by atomic mass is 10.1. The van der Waals surface area contributed by atoms with Gasteiger partial charge in [0.15, 0.2) is 11.5 Å². The first-order chi connectivity index (χ1) is 12.7. The van der Waals surface area contributed by atoms with Gasteiger partial charge in [-0.05, 0) is 65.8 Å². The molecular formula is C22H33N3O2. The van der Waals surface area contributed by atoms with E-state index in [4.69, 9.17) is 20.9 Å². The summed E-state index contributed by atoms with van der Waals surface area (Å²) in [5, 5.41) is 0. The highest BCUT2D eigenvalue weighted by molar-refractivity contribution is 5.65. The fourth-order valence-corrected chi connectivity index (χ4v) is 3.45. The molecule has 2 aromatic carbocycles. The Hall–Kier alpha value is -2.40. The van der Waals surface area contributed by atoms with Crippen molar-refractivity contribution in [2.45, 2.75) is 65.8 Å². The van der Waals surface area contributed by atoms with Crippen LogP contribution in [0.4, 0.5) is 11.4 Å². The third-order valence-electron chi connectivity index (χ3n) is 4.79. The van der Waals surface area contributed by atoms with E-state index >= 15 is 0 Å². The Morgan fingerprint density at radius 1 is 0.778 bits per heavy atom. The zero-order valence-electron chi connectivity index (χ0n) is 17.3. The maximum atomic E-state index is 6.29. The largest absolute Gasteiger partial charge is 0.485 e. The number of nitrogens with zero attached hydrogens (tertiary/aromatic N) is 1. The predicted molar refractivity (Wildman–Crippen MR) is 113 cm³/mol.